The second-order valence-electron chi connectivity index (χ2n) is 7.16. The number of nitrogens with zero attached hydrogens (tertiary/aromatic N) is 3. The molecule has 0 aliphatic carbocycles. The van der Waals surface area contributed by atoms with Gasteiger partial charge in [-0.25, -0.2) is 4.98 Å². The quantitative estimate of drug-likeness (QED) is 0.712. The van der Waals surface area contributed by atoms with Gasteiger partial charge in [-0.1, -0.05) is 30.3 Å². The molecular formula is C22H26N4O2. The van der Waals surface area contributed by atoms with Crippen molar-refractivity contribution in [1.29, 1.82) is 0 Å². The van der Waals surface area contributed by atoms with E-state index >= 15 is 0 Å². The van der Waals surface area contributed by atoms with E-state index in [0.717, 1.165) is 16.7 Å². The van der Waals surface area contributed by atoms with Crippen LogP contribution in [0, 0.1) is 0 Å². The molecule has 3 aromatic rings. The summed E-state index contributed by atoms with van der Waals surface area (Å²) in [6, 6.07) is 17.1. The lowest BCUT2D eigenvalue weighted by atomic mass is 10.2. The van der Waals surface area contributed by atoms with Crippen LogP contribution in [0.3, 0.4) is 0 Å². The van der Waals surface area contributed by atoms with Gasteiger partial charge in [-0.05, 0) is 45.0 Å². The molecule has 0 bridgehead atoms. The van der Waals surface area contributed by atoms with Crippen molar-refractivity contribution < 1.29 is 9.59 Å². The zero-order valence-electron chi connectivity index (χ0n) is 16.7. The van der Waals surface area contributed by atoms with Gasteiger partial charge in [-0.3, -0.25) is 9.59 Å². The fourth-order valence-corrected chi connectivity index (χ4v) is 3.49. The van der Waals surface area contributed by atoms with E-state index in [1.165, 1.54) is 6.92 Å². The van der Waals surface area contributed by atoms with E-state index in [-0.39, 0.29) is 30.4 Å². The second kappa shape index (κ2) is 8.25. The van der Waals surface area contributed by atoms with Crippen LogP contribution in [0.15, 0.2) is 54.6 Å². The van der Waals surface area contributed by atoms with E-state index in [9.17, 15) is 9.59 Å². The van der Waals surface area contributed by atoms with E-state index in [4.69, 9.17) is 0 Å². The summed E-state index contributed by atoms with van der Waals surface area (Å²) in [6.07, 6.45) is 0. The largest absolute Gasteiger partial charge is 0.347 e. The molecule has 1 unspecified atom stereocenters. The Hall–Kier alpha value is -3.15. The van der Waals surface area contributed by atoms with Crippen LogP contribution < -0.4 is 10.2 Å². The summed E-state index contributed by atoms with van der Waals surface area (Å²) in [7, 11) is 0. The van der Waals surface area contributed by atoms with Crippen LogP contribution in [0.2, 0.25) is 0 Å². The Morgan fingerprint density at radius 2 is 1.68 bits per heavy atom. The maximum absolute atomic E-state index is 13.3. The number of amides is 2. The highest BCUT2D eigenvalue weighted by atomic mass is 16.2. The number of aromatic nitrogens is 2. The average Bonchev–Trinajstić information content (AvgIpc) is 3.01. The van der Waals surface area contributed by atoms with Gasteiger partial charge >= 0.3 is 0 Å². The van der Waals surface area contributed by atoms with Crippen molar-refractivity contribution >= 4 is 28.5 Å². The minimum Gasteiger partial charge on any atom is -0.347 e. The SMILES string of the molecule is CC(=O)NC(C)c1nc2ccccc2n1CC(=O)N(c1ccccc1)C(C)C. The smallest absolute Gasteiger partial charge is 0.247 e. The summed E-state index contributed by atoms with van der Waals surface area (Å²) in [4.78, 5) is 31.3. The first kappa shape index (κ1) is 19.6. The van der Waals surface area contributed by atoms with Crippen LogP contribution in [0.4, 0.5) is 5.69 Å². The first-order chi connectivity index (χ1) is 13.4. The summed E-state index contributed by atoms with van der Waals surface area (Å²) in [6.45, 7) is 7.49. The second-order valence-corrected chi connectivity index (χ2v) is 7.16. The fraction of sp³-hybridized carbons (Fsp3) is 0.318. The standard InChI is InChI=1S/C22H26N4O2/c1-15(2)26(18-10-6-5-7-11-18)21(28)14-25-20-13-9-8-12-19(20)24-22(25)16(3)23-17(4)27/h5-13,15-16H,14H2,1-4H3,(H,23,27). The Morgan fingerprint density at radius 3 is 2.32 bits per heavy atom. The van der Waals surface area contributed by atoms with Gasteiger partial charge in [0.15, 0.2) is 0 Å². The molecule has 0 aliphatic heterocycles. The number of anilines is 1. The lowest BCUT2D eigenvalue weighted by molar-refractivity contribution is -0.120. The number of hydrogen-bond donors (Lipinski definition) is 1. The number of benzene rings is 2. The molecule has 6 nitrogen and oxygen atoms in total. The van der Waals surface area contributed by atoms with Gasteiger partial charge in [-0.15, -0.1) is 0 Å². The van der Waals surface area contributed by atoms with Gasteiger partial charge in [-0.2, -0.15) is 0 Å². The number of nitrogens with one attached hydrogen (secondary N) is 1. The molecule has 0 aliphatic rings. The predicted molar refractivity (Wildman–Crippen MR) is 111 cm³/mol. The van der Waals surface area contributed by atoms with Crippen molar-refractivity contribution in [2.45, 2.75) is 46.3 Å². The molecule has 1 atom stereocenters. The topological polar surface area (TPSA) is 67.2 Å². The van der Waals surface area contributed by atoms with Gasteiger partial charge in [0, 0.05) is 18.7 Å². The number of fused-ring (bicyclic) bond motifs is 1. The van der Waals surface area contributed by atoms with Crippen LogP contribution in [0.25, 0.3) is 11.0 Å². The molecule has 1 aromatic heterocycles. The fourth-order valence-electron chi connectivity index (χ4n) is 3.49. The molecule has 6 heteroatoms. The summed E-state index contributed by atoms with van der Waals surface area (Å²) >= 11 is 0. The van der Waals surface area contributed by atoms with E-state index in [0.29, 0.717) is 5.82 Å². The van der Waals surface area contributed by atoms with Gasteiger partial charge in [0.2, 0.25) is 11.8 Å². The van der Waals surface area contributed by atoms with Crippen molar-refractivity contribution in [3.05, 3.63) is 60.4 Å². The first-order valence-electron chi connectivity index (χ1n) is 9.48. The molecule has 146 valence electrons. The average molecular weight is 378 g/mol. The summed E-state index contributed by atoms with van der Waals surface area (Å²) in [5.41, 5.74) is 2.54. The van der Waals surface area contributed by atoms with Crippen molar-refractivity contribution in [2.75, 3.05) is 4.90 Å². The predicted octanol–water partition coefficient (Wildman–Crippen LogP) is 3.68. The number of imidazole rings is 1. The summed E-state index contributed by atoms with van der Waals surface area (Å²) in [5.74, 6) is 0.507. The Balaban J connectivity index is 2.00. The molecule has 1 N–H and O–H groups in total. The van der Waals surface area contributed by atoms with Gasteiger partial charge < -0.3 is 14.8 Å². The van der Waals surface area contributed by atoms with E-state index in [2.05, 4.69) is 10.3 Å². The Morgan fingerprint density at radius 1 is 1.04 bits per heavy atom. The summed E-state index contributed by atoms with van der Waals surface area (Å²) < 4.78 is 1.90. The van der Waals surface area contributed by atoms with Gasteiger partial charge in [0.05, 0.1) is 17.1 Å². The molecule has 1 heterocycles. The monoisotopic (exact) mass is 378 g/mol. The number of rotatable bonds is 6. The number of carbonyl (C=O) groups is 2. The first-order valence-corrected chi connectivity index (χ1v) is 9.48. The van der Waals surface area contributed by atoms with Crippen molar-refractivity contribution in [1.82, 2.24) is 14.9 Å². The molecule has 28 heavy (non-hydrogen) atoms. The zero-order chi connectivity index (χ0) is 20.3. The number of carbonyl (C=O) groups excluding carboxylic acids is 2. The lowest BCUT2D eigenvalue weighted by Crippen LogP contribution is -2.39. The highest BCUT2D eigenvalue weighted by Crippen LogP contribution is 2.23. The normalized spacial score (nSPS) is 12.2. The number of hydrogen-bond acceptors (Lipinski definition) is 3. The molecule has 0 spiro atoms. The Labute approximate surface area is 165 Å². The van der Waals surface area contributed by atoms with Crippen LogP contribution in [-0.4, -0.2) is 27.4 Å². The molecule has 0 saturated heterocycles. The third-order valence-corrected chi connectivity index (χ3v) is 4.60. The molecule has 3 rings (SSSR count). The highest BCUT2D eigenvalue weighted by Gasteiger charge is 2.23. The van der Waals surface area contributed by atoms with Crippen LogP contribution >= 0.6 is 0 Å². The molecule has 2 amide bonds. The van der Waals surface area contributed by atoms with Crippen LogP contribution in [0.5, 0.6) is 0 Å². The third-order valence-electron chi connectivity index (χ3n) is 4.60. The minimum absolute atomic E-state index is 0.0147. The van der Waals surface area contributed by atoms with Crippen molar-refractivity contribution in [3.8, 4) is 0 Å². The molecule has 0 saturated carbocycles. The highest BCUT2D eigenvalue weighted by molar-refractivity contribution is 5.94. The maximum Gasteiger partial charge on any atom is 0.247 e. The van der Waals surface area contributed by atoms with E-state index < -0.39 is 0 Å². The zero-order valence-corrected chi connectivity index (χ0v) is 16.7. The van der Waals surface area contributed by atoms with Gasteiger partial charge in [0.25, 0.3) is 0 Å². The van der Waals surface area contributed by atoms with E-state index in [1.54, 1.807) is 4.90 Å². The van der Waals surface area contributed by atoms with Crippen molar-refractivity contribution in [2.24, 2.45) is 0 Å². The van der Waals surface area contributed by atoms with E-state index in [1.807, 2.05) is 79.9 Å². The maximum atomic E-state index is 13.3. The minimum atomic E-state index is -0.304. The molecule has 2 aromatic carbocycles. The Kier molecular flexibility index (Phi) is 5.78. The Bertz CT molecular complexity index is 979. The molecule has 0 fully saturated rings. The third kappa shape index (κ3) is 4.06. The van der Waals surface area contributed by atoms with Crippen LogP contribution in [0.1, 0.15) is 39.6 Å². The number of para-hydroxylation sites is 3. The van der Waals surface area contributed by atoms with Gasteiger partial charge in [0.1, 0.15) is 12.4 Å². The van der Waals surface area contributed by atoms with Crippen LogP contribution in [-0.2, 0) is 16.1 Å². The molecule has 0 radical (unpaired) electrons. The summed E-state index contributed by atoms with van der Waals surface area (Å²) in [5, 5.41) is 2.87. The van der Waals surface area contributed by atoms with Crippen molar-refractivity contribution in [3.63, 3.8) is 0 Å². The molecular weight excluding hydrogens is 352 g/mol. The lowest BCUT2D eigenvalue weighted by Gasteiger charge is -2.28.